The number of imide groups is 1. The number of benzene rings is 3. The Kier molecular flexibility index (Phi) is 9.81. The molecule has 2 fully saturated rings. The van der Waals surface area contributed by atoms with Crippen molar-refractivity contribution < 1.29 is 33.3 Å². The zero-order valence-electron chi connectivity index (χ0n) is 28.8. The van der Waals surface area contributed by atoms with Crippen molar-refractivity contribution >= 4 is 29.0 Å². The first kappa shape index (κ1) is 34.5. The predicted octanol–water partition coefficient (Wildman–Crippen LogP) is 5.93. The molecular formula is C38H42N4O8. The first-order chi connectivity index (χ1) is 24.0. The first-order valence-electron chi connectivity index (χ1n) is 16.8. The second-order valence-corrected chi connectivity index (χ2v) is 13.7. The zero-order valence-corrected chi connectivity index (χ0v) is 28.8. The van der Waals surface area contributed by atoms with E-state index < -0.39 is 29.2 Å². The first-order valence-corrected chi connectivity index (χ1v) is 16.8. The van der Waals surface area contributed by atoms with Gasteiger partial charge in [0.15, 0.2) is 11.5 Å². The summed E-state index contributed by atoms with van der Waals surface area (Å²) in [4.78, 5) is 61.5. The van der Waals surface area contributed by atoms with Crippen molar-refractivity contribution in [1.82, 2.24) is 19.4 Å². The molecule has 3 aromatic carbocycles. The number of rotatable bonds is 7. The van der Waals surface area contributed by atoms with E-state index >= 15 is 0 Å². The Morgan fingerprint density at radius 2 is 1.54 bits per heavy atom. The van der Waals surface area contributed by atoms with Gasteiger partial charge in [0.1, 0.15) is 17.7 Å². The maximum Gasteiger partial charge on any atom is 0.417 e. The molecule has 3 amide bonds. The second-order valence-electron chi connectivity index (χ2n) is 13.7. The Labute approximate surface area is 290 Å². The van der Waals surface area contributed by atoms with E-state index in [2.05, 4.69) is 4.98 Å². The zero-order chi connectivity index (χ0) is 35.5. The summed E-state index contributed by atoms with van der Waals surface area (Å²) in [7, 11) is 1.52. The number of aromatic nitrogens is 2. The molecule has 1 saturated heterocycles. The Balaban J connectivity index is 1.23. The summed E-state index contributed by atoms with van der Waals surface area (Å²) in [5.74, 6) is 0.296. The molecule has 0 atom stereocenters. The fraction of sp³-hybridized carbons (Fsp3) is 0.395. The standard InChI is InChI=1S/C38H42N4O8/c1-37(2,3)50-35(45)41-19-20-42(36(46)48-24-27-13-9-6-10-14-27)38(34(41)44)17-15-28(16-18-38)49-32-21-29-30(22-31(32)47-4)39-25-40(33(29)43)23-26-11-7-5-8-12-26/h5-14,21-22,25,28H,15-20,23-24H2,1-4H3/t28-,38-. The van der Waals surface area contributed by atoms with E-state index in [1.54, 1.807) is 37.5 Å². The monoisotopic (exact) mass is 682 g/mol. The Bertz CT molecular complexity index is 1910. The van der Waals surface area contributed by atoms with Gasteiger partial charge < -0.3 is 18.9 Å². The number of carbonyl (C=O) groups excluding carboxylic acids is 3. The van der Waals surface area contributed by atoms with E-state index in [4.69, 9.17) is 18.9 Å². The quantitative estimate of drug-likeness (QED) is 0.233. The minimum atomic E-state index is -1.33. The van der Waals surface area contributed by atoms with Crippen molar-refractivity contribution in [2.75, 3.05) is 20.2 Å². The van der Waals surface area contributed by atoms with Gasteiger partial charge in [-0.05, 0) is 63.6 Å². The summed E-state index contributed by atoms with van der Waals surface area (Å²) < 4.78 is 24.9. The van der Waals surface area contributed by atoms with Gasteiger partial charge in [0.05, 0.1) is 37.0 Å². The molecule has 1 aliphatic heterocycles. The van der Waals surface area contributed by atoms with Gasteiger partial charge in [0, 0.05) is 19.2 Å². The molecular weight excluding hydrogens is 640 g/mol. The molecule has 262 valence electrons. The minimum absolute atomic E-state index is 0.0139. The van der Waals surface area contributed by atoms with Crippen LogP contribution in [0.25, 0.3) is 10.9 Å². The van der Waals surface area contributed by atoms with E-state index in [0.29, 0.717) is 41.8 Å². The third kappa shape index (κ3) is 7.29. The highest BCUT2D eigenvalue weighted by atomic mass is 16.6. The number of amides is 3. The Morgan fingerprint density at radius 3 is 2.18 bits per heavy atom. The second kappa shape index (κ2) is 14.2. The summed E-state index contributed by atoms with van der Waals surface area (Å²) in [6.07, 6.45) is 0.977. The number of fused-ring (bicyclic) bond motifs is 1. The number of piperazine rings is 1. The number of hydrogen-bond acceptors (Lipinski definition) is 9. The van der Waals surface area contributed by atoms with Crippen LogP contribution in [0.2, 0.25) is 0 Å². The average molecular weight is 683 g/mol. The molecule has 0 radical (unpaired) electrons. The van der Waals surface area contributed by atoms with Crippen LogP contribution in [-0.4, -0.2) is 74.9 Å². The Hall–Kier alpha value is -5.39. The average Bonchev–Trinajstić information content (AvgIpc) is 3.10. The number of methoxy groups -OCH3 is 1. The fourth-order valence-electron chi connectivity index (χ4n) is 6.60. The Morgan fingerprint density at radius 1 is 0.880 bits per heavy atom. The largest absolute Gasteiger partial charge is 0.493 e. The highest BCUT2D eigenvalue weighted by Gasteiger charge is 2.55. The van der Waals surface area contributed by atoms with Crippen molar-refractivity contribution in [2.45, 2.75) is 76.9 Å². The maximum atomic E-state index is 14.2. The molecule has 4 aromatic rings. The van der Waals surface area contributed by atoms with Gasteiger partial charge in [0.2, 0.25) is 0 Å². The molecule has 1 aromatic heterocycles. The van der Waals surface area contributed by atoms with Crippen LogP contribution < -0.4 is 15.0 Å². The van der Waals surface area contributed by atoms with E-state index in [0.717, 1.165) is 16.0 Å². The van der Waals surface area contributed by atoms with Crippen LogP contribution in [0.4, 0.5) is 9.59 Å². The summed E-state index contributed by atoms with van der Waals surface area (Å²) in [6, 6.07) is 22.3. The van der Waals surface area contributed by atoms with E-state index in [9.17, 15) is 19.2 Å². The van der Waals surface area contributed by atoms with Crippen molar-refractivity contribution in [3.05, 3.63) is 101 Å². The van der Waals surface area contributed by atoms with Crippen LogP contribution >= 0.6 is 0 Å². The highest BCUT2D eigenvalue weighted by molar-refractivity contribution is 6.00. The minimum Gasteiger partial charge on any atom is -0.493 e. The smallest absolute Gasteiger partial charge is 0.417 e. The lowest BCUT2D eigenvalue weighted by Crippen LogP contribution is -2.69. The van der Waals surface area contributed by atoms with Crippen molar-refractivity contribution in [3.8, 4) is 11.5 Å². The summed E-state index contributed by atoms with van der Waals surface area (Å²) >= 11 is 0. The molecule has 2 heterocycles. The molecule has 12 nitrogen and oxygen atoms in total. The van der Waals surface area contributed by atoms with Crippen molar-refractivity contribution in [1.29, 1.82) is 0 Å². The summed E-state index contributed by atoms with van der Waals surface area (Å²) in [5.41, 5.74) is -0.0827. The van der Waals surface area contributed by atoms with Crippen LogP contribution in [0.3, 0.4) is 0 Å². The van der Waals surface area contributed by atoms with Gasteiger partial charge in [-0.15, -0.1) is 0 Å². The molecule has 6 rings (SSSR count). The van der Waals surface area contributed by atoms with E-state index in [1.165, 1.54) is 18.3 Å². The molecule has 1 spiro atoms. The van der Waals surface area contributed by atoms with Gasteiger partial charge in [-0.25, -0.2) is 19.5 Å². The van der Waals surface area contributed by atoms with Crippen molar-refractivity contribution in [2.24, 2.45) is 0 Å². The normalized spacial score (nSPS) is 19.4. The SMILES string of the molecule is COc1cc2ncn(Cc3ccccc3)c(=O)c2cc1O[C@H]1CC[C@]2(CC1)C(=O)N(C(=O)OC(C)(C)C)CCN2C(=O)OCc1ccccc1. The number of hydrogen-bond donors (Lipinski definition) is 0. The van der Waals surface area contributed by atoms with Crippen LogP contribution in [0.5, 0.6) is 11.5 Å². The molecule has 1 saturated carbocycles. The van der Waals surface area contributed by atoms with E-state index in [-0.39, 0.29) is 44.2 Å². The van der Waals surface area contributed by atoms with Gasteiger partial charge in [-0.2, -0.15) is 0 Å². The summed E-state index contributed by atoms with van der Waals surface area (Å²) in [6.45, 7) is 5.71. The van der Waals surface area contributed by atoms with Gasteiger partial charge in [-0.1, -0.05) is 60.7 Å². The van der Waals surface area contributed by atoms with Gasteiger partial charge in [-0.3, -0.25) is 19.1 Å². The van der Waals surface area contributed by atoms with Crippen LogP contribution in [0.1, 0.15) is 57.6 Å². The van der Waals surface area contributed by atoms with Crippen LogP contribution in [0, 0.1) is 0 Å². The van der Waals surface area contributed by atoms with Gasteiger partial charge in [0.25, 0.3) is 11.5 Å². The molecule has 0 unspecified atom stereocenters. The number of ether oxygens (including phenoxy) is 4. The van der Waals surface area contributed by atoms with Gasteiger partial charge >= 0.3 is 12.2 Å². The third-order valence-electron chi connectivity index (χ3n) is 9.11. The van der Waals surface area contributed by atoms with E-state index in [1.807, 2.05) is 60.7 Å². The number of nitrogens with zero attached hydrogens (tertiary/aromatic N) is 4. The topological polar surface area (TPSA) is 130 Å². The lowest BCUT2D eigenvalue weighted by atomic mass is 9.77. The highest BCUT2D eigenvalue weighted by Crippen LogP contribution is 2.41. The molecule has 1 aliphatic carbocycles. The molecule has 50 heavy (non-hydrogen) atoms. The lowest BCUT2D eigenvalue weighted by Gasteiger charge is -2.50. The third-order valence-corrected chi connectivity index (χ3v) is 9.11. The molecule has 0 N–H and O–H groups in total. The van der Waals surface area contributed by atoms with Crippen LogP contribution in [0.15, 0.2) is 83.9 Å². The van der Waals surface area contributed by atoms with Crippen molar-refractivity contribution in [3.63, 3.8) is 0 Å². The maximum absolute atomic E-state index is 14.2. The predicted molar refractivity (Wildman–Crippen MR) is 185 cm³/mol. The number of carbonyl (C=O) groups is 3. The molecule has 12 heteroatoms. The fourth-order valence-corrected chi connectivity index (χ4v) is 6.60. The lowest BCUT2D eigenvalue weighted by molar-refractivity contribution is -0.152. The summed E-state index contributed by atoms with van der Waals surface area (Å²) in [5, 5.41) is 0.384. The van der Waals surface area contributed by atoms with Crippen LogP contribution in [-0.2, 0) is 27.4 Å². The molecule has 0 bridgehead atoms. The molecule has 2 aliphatic rings.